The number of methoxy groups -OCH3 is 1. The maximum atomic E-state index is 11.6. The molecule has 0 radical (unpaired) electrons. The van der Waals surface area contributed by atoms with E-state index >= 15 is 0 Å². The molecule has 2 bridgehead atoms. The number of amides is 2. The molecule has 2 fully saturated rings. The van der Waals surface area contributed by atoms with Crippen LogP contribution in [-0.2, 0) is 9.53 Å². The van der Waals surface area contributed by atoms with Crippen LogP contribution in [-0.4, -0.2) is 53.4 Å². The summed E-state index contributed by atoms with van der Waals surface area (Å²) in [5.41, 5.74) is 0. The molecule has 18 heavy (non-hydrogen) atoms. The van der Waals surface area contributed by atoms with Crippen molar-refractivity contribution in [1.29, 1.82) is 0 Å². The maximum Gasteiger partial charge on any atom is 0.407 e. The van der Waals surface area contributed by atoms with Crippen LogP contribution in [0.3, 0.4) is 0 Å². The van der Waals surface area contributed by atoms with Gasteiger partial charge in [0.15, 0.2) is 0 Å². The van der Waals surface area contributed by atoms with Crippen LogP contribution in [0, 0.1) is 0 Å². The lowest BCUT2D eigenvalue weighted by atomic mass is 10.0. The Morgan fingerprint density at radius 3 is 3.11 bits per heavy atom. The summed E-state index contributed by atoms with van der Waals surface area (Å²) in [6.45, 7) is 0. The van der Waals surface area contributed by atoms with Crippen LogP contribution in [0.2, 0.25) is 0 Å². The zero-order valence-corrected chi connectivity index (χ0v) is 11.0. The fourth-order valence-corrected chi connectivity index (χ4v) is 3.97. The number of ether oxygens (including phenoxy) is 1. The number of carbonyl (C=O) groups excluding carboxylic acids is 2. The second-order valence-electron chi connectivity index (χ2n) is 4.59. The highest BCUT2D eigenvalue weighted by Crippen LogP contribution is 2.32. The average molecular weight is 274 g/mol. The minimum Gasteiger partial charge on any atom is -0.453 e. The van der Waals surface area contributed by atoms with E-state index in [2.05, 4.69) is 15.4 Å². The van der Waals surface area contributed by atoms with Crippen LogP contribution in [0.4, 0.5) is 4.79 Å². The van der Waals surface area contributed by atoms with Crippen molar-refractivity contribution in [2.45, 2.75) is 42.7 Å². The molecule has 3 N–H and O–H groups in total. The topological polar surface area (TPSA) is 87.7 Å². The number of hydrogen-bond acceptors (Lipinski definition) is 5. The van der Waals surface area contributed by atoms with Crippen LogP contribution in [0.15, 0.2) is 0 Å². The lowest BCUT2D eigenvalue weighted by molar-refractivity contribution is -0.121. The van der Waals surface area contributed by atoms with Crippen molar-refractivity contribution >= 4 is 23.8 Å². The van der Waals surface area contributed by atoms with Gasteiger partial charge in [-0.05, 0) is 12.8 Å². The molecule has 0 spiro atoms. The molecular weight excluding hydrogens is 256 g/mol. The minimum absolute atomic E-state index is 0.0213. The van der Waals surface area contributed by atoms with E-state index in [0.717, 1.165) is 0 Å². The maximum absolute atomic E-state index is 11.6. The standard InChI is InChI=1S/C11H18N2O4S/c1-17-11(16)13-9-6-5-18-10(9)7(14)3-2-4-8(15)12-6/h6-7,9-10,14H,2-5H2,1H3,(H,12,15)(H,13,16)/t6-,7-,9-,10+/m0/s1. The van der Waals surface area contributed by atoms with Gasteiger partial charge in [0.1, 0.15) is 0 Å². The molecule has 0 unspecified atom stereocenters. The lowest BCUT2D eigenvalue weighted by Gasteiger charge is -2.26. The number of thioether (sulfide) groups is 1. The molecule has 102 valence electrons. The predicted molar refractivity (Wildman–Crippen MR) is 67.4 cm³/mol. The first kappa shape index (κ1) is 13.5. The third-order valence-electron chi connectivity index (χ3n) is 3.35. The number of nitrogens with one attached hydrogen (secondary N) is 2. The van der Waals surface area contributed by atoms with Crippen molar-refractivity contribution in [1.82, 2.24) is 10.6 Å². The second-order valence-corrected chi connectivity index (χ2v) is 5.80. The molecule has 0 aromatic carbocycles. The number of aliphatic hydroxyl groups is 1. The summed E-state index contributed by atoms with van der Waals surface area (Å²) in [4.78, 5) is 23.0. The lowest BCUT2D eigenvalue weighted by Crippen LogP contribution is -2.54. The molecule has 2 heterocycles. The summed E-state index contributed by atoms with van der Waals surface area (Å²) in [5.74, 6) is 0.675. The molecule has 0 aromatic rings. The smallest absolute Gasteiger partial charge is 0.407 e. The highest BCUT2D eigenvalue weighted by atomic mass is 32.2. The Bertz CT molecular complexity index is 339. The van der Waals surface area contributed by atoms with Gasteiger partial charge in [-0.2, -0.15) is 11.8 Å². The summed E-state index contributed by atoms with van der Waals surface area (Å²) in [5, 5.41) is 15.7. The Kier molecular flexibility index (Phi) is 4.34. The minimum atomic E-state index is -0.529. The summed E-state index contributed by atoms with van der Waals surface area (Å²) >= 11 is 1.58. The van der Waals surface area contributed by atoms with Crippen molar-refractivity contribution in [2.75, 3.05) is 12.9 Å². The fraction of sp³-hybridized carbons (Fsp3) is 0.818. The first-order valence-corrected chi connectivity index (χ1v) is 7.10. The van der Waals surface area contributed by atoms with E-state index in [0.29, 0.717) is 25.0 Å². The van der Waals surface area contributed by atoms with Gasteiger partial charge in [-0.15, -0.1) is 0 Å². The summed E-state index contributed by atoms with van der Waals surface area (Å²) in [7, 11) is 1.30. The molecule has 6 nitrogen and oxygen atoms in total. The van der Waals surface area contributed by atoms with E-state index in [-0.39, 0.29) is 23.2 Å². The highest BCUT2D eigenvalue weighted by molar-refractivity contribution is 8.00. The molecule has 2 aliphatic heterocycles. The number of fused-ring (bicyclic) bond motifs is 2. The Hall–Kier alpha value is -0.950. The molecular formula is C11H18N2O4S. The van der Waals surface area contributed by atoms with Gasteiger partial charge in [0.25, 0.3) is 0 Å². The van der Waals surface area contributed by atoms with E-state index in [1.165, 1.54) is 7.11 Å². The number of alkyl carbamates (subject to hydrolysis) is 1. The molecule has 2 rings (SSSR count). The van der Waals surface area contributed by atoms with Crippen molar-refractivity contribution in [2.24, 2.45) is 0 Å². The third kappa shape index (κ3) is 2.89. The third-order valence-corrected chi connectivity index (χ3v) is 4.90. The summed E-state index contributed by atoms with van der Waals surface area (Å²) in [6, 6.07) is -0.418. The van der Waals surface area contributed by atoms with Crippen molar-refractivity contribution in [3.63, 3.8) is 0 Å². The van der Waals surface area contributed by atoms with Gasteiger partial charge in [-0.3, -0.25) is 4.79 Å². The number of hydrogen-bond donors (Lipinski definition) is 3. The van der Waals surface area contributed by atoms with Crippen LogP contribution in [0.5, 0.6) is 0 Å². The van der Waals surface area contributed by atoms with Crippen LogP contribution in [0.1, 0.15) is 19.3 Å². The van der Waals surface area contributed by atoms with Gasteiger partial charge >= 0.3 is 6.09 Å². The Balaban J connectivity index is 2.13. The number of rotatable bonds is 1. The first-order valence-electron chi connectivity index (χ1n) is 6.05. The van der Waals surface area contributed by atoms with E-state index in [4.69, 9.17) is 0 Å². The van der Waals surface area contributed by atoms with Crippen molar-refractivity contribution < 1.29 is 19.4 Å². The van der Waals surface area contributed by atoms with Crippen molar-refractivity contribution in [3.05, 3.63) is 0 Å². The Morgan fingerprint density at radius 1 is 1.61 bits per heavy atom. The number of carbonyl (C=O) groups is 2. The summed E-state index contributed by atoms with van der Waals surface area (Å²) in [6.07, 6.45) is 0.641. The normalized spacial score (nSPS) is 36.0. The largest absolute Gasteiger partial charge is 0.453 e. The molecule has 7 heteroatoms. The average Bonchev–Trinajstić information content (AvgIpc) is 2.73. The molecule has 0 aliphatic carbocycles. The fourth-order valence-electron chi connectivity index (χ4n) is 2.43. The monoisotopic (exact) mass is 274 g/mol. The molecule has 0 saturated carbocycles. The summed E-state index contributed by atoms with van der Waals surface area (Å²) < 4.78 is 4.59. The van der Waals surface area contributed by atoms with Gasteiger partial charge in [0.2, 0.25) is 5.91 Å². The Morgan fingerprint density at radius 2 is 2.39 bits per heavy atom. The van der Waals surface area contributed by atoms with E-state index in [9.17, 15) is 14.7 Å². The highest BCUT2D eigenvalue weighted by Gasteiger charge is 2.43. The van der Waals surface area contributed by atoms with E-state index in [1.54, 1.807) is 11.8 Å². The van der Waals surface area contributed by atoms with Gasteiger partial charge in [0, 0.05) is 12.2 Å². The first-order chi connectivity index (χ1) is 8.61. The molecule has 0 aromatic heterocycles. The van der Waals surface area contributed by atoms with E-state index in [1.807, 2.05) is 0 Å². The number of aliphatic hydroxyl groups excluding tert-OH is 1. The quantitative estimate of drug-likeness (QED) is 0.619. The zero-order valence-electron chi connectivity index (χ0n) is 10.2. The van der Waals surface area contributed by atoms with Crippen LogP contribution < -0.4 is 10.6 Å². The van der Waals surface area contributed by atoms with Gasteiger partial charge in [-0.25, -0.2) is 4.79 Å². The predicted octanol–water partition coefficient (Wildman–Crippen LogP) is -0.144. The molecule has 4 atom stereocenters. The van der Waals surface area contributed by atoms with Crippen LogP contribution >= 0.6 is 11.8 Å². The van der Waals surface area contributed by atoms with Crippen LogP contribution in [0.25, 0.3) is 0 Å². The van der Waals surface area contributed by atoms with Gasteiger partial charge in [0.05, 0.1) is 30.5 Å². The van der Waals surface area contributed by atoms with Gasteiger partial charge < -0.3 is 20.5 Å². The molecule has 2 amide bonds. The van der Waals surface area contributed by atoms with Gasteiger partial charge in [-0.1, -0.05) is 0 Å². The zero-order chi connectivity index (χ0) is 13.1. The van der Waals surface area contributed by atoms with E-state index < -0.39 is 12.2 Å². The molecule has 2 aliphatic rings. The SMILES string of the molecule is COC(=O)N[C@@H]1[C@@H]2SC[C@@H]1NC(=O)CCC[C@@H]2O. The molecule has 2 saturated heterocycles. The second kappa shape index (κ2) is 5.79. The van der Waals surface area contributed by atoms with Crippen molar-refractivity contribution in [3.8, 4) is 0 Å². The Labute approximate surface area is 110 Å².